The van der Waals surface area contributed by atoms with Gasteiger partial charge < -0.3 is 0 Å². The smallest absolute Gasteiger partial charge is 0.103 e. The van der Waals surface area contributed by atoms with E-state index in [1.165, 1.54) is 0 Å². The van der Waals surface area contributed by atoms with Gasteiger partial charge in [0.05, 0.1) is 0 Å². The topological polar surface area (TPSA) is 46.9 Å². The molecule has 0 amide bonds. The number of hydrogen-bond donors (Lipinski definition) is 2. The predicted octanol–water partition coefficient (Wildman–Crippen LogP) is 3.01. The van der Waals surface area contributed by atoms with Crippen molar-refractivity contribution in [2.45, 2.75) is 44.9 Å². The molecule has 100 valence electrons. The van der Waals surface area contributed by atoms with Crippen LogP contribution in [0.3, 0.4) is 0 Å². The van der Waals surface area contributed by atoms with E-state index in [0.29, 0.717) is 9.98 Å². The molecule has 0 aromatic heterocycles. The van der Waals surface area contributed by atoms with Gasteiger partial charge in [-0.25, -0.2) is 0 Å². The van der Waals surface area contributed by atoms with Gasteiger partial charge in [0.2, 0.25) is 0 Å². The van der Waals surface area contributed by atoms with Gasteiger partial charge in [-0.1, -0.05) is 43.7 Å². The summed E-state index contributed by atoms with van der Waals surface area (Å²) in [5.74, 6) is 0. The van der Waals surface area contributed by atoms with Crippen LogP contribution in [0.15, 0.2) is 0 Å². The van der Waals surface area contributed by atoms with Crippen LogP contribution in [0.5, 0.6) is 0 Å². The van der Waals surface area contributed by atoms with Gasteiger partial charge in [0, 0.05) is 26.9 Å². The molecule has 2 N–H and O–H groups in total. The Labute approximate surface area is 114 Å². The first-order valence-corrected chi connectivity index (χ1v) is 6.67. The molecule has 0 aromatic rings. The maximum atomic E-state index is 9.02. The van der Waals surface area contributed by atoms with Gasteiger partial charge >= 0.3 is 0 Å². The molecule has 0 bridgehead atoms. The van der Waals surface area contributed by atoms with Gasteiger partial charge in [0.25, 0.3) is 0 Å². The van der Waals surface area contributed by atoms with Gasteiger partial charge in [0.1, 0.15) is 9.98 Å². The van der Waals surface area contributed by atoms with E-state index in [9.17, 15) is 0 Å². The van der Waals surface area contributed by atoms with Gasteiger partial charge in [-0.15, -0.1) is 0 Å². The number of hydroxylamine groups is 4. The summed E-state index contributed by atoms with van der Waals surface area (Å²) in [4.78, 5) is 1.18. The quantitative estimate of drug-likeness (QED) is 0.404. The van der Waals surface area contributed by atoms with E-state index in [1.807, 2.05) is 0 Å². The first kappa shape index (κ1) is 16.7. The molecule has 0 rings (SSSR count). The number of hydrogen-bond acceptors (Lipinski definition) is 4. The van der Waals surface area contributed by atoms with E-state index in [1.54, 1.807) is 14.1 Å². The Balaban J connectivity index is 3.30. The van der Waals surface area contributed by atoms with E-state index in [0.717, 1.165) is 55.1 Å². The predicted molar refractivity (Wildman–Crippen MR) is 76.6 cm³/mol. The lowest BCUT2D eigenvalue weighted by Gasteiger charge is -2.11. The van der Waals surface area contributed by atoms with Crippen LogP contribution in [0.2, 0.25) is 0 Å². The summed E-state index contributed by atoms with van der Waals surface area (Å²) >= 11 is 9.93. The molecule has 4 nitrogen and oxygen atoms in total. The first-order valence-electron chi connectivity index (χ1n) is 5.86. The molecule has 0 aliphatic rings. The fraction of sp³-hybridized carbons (Fsp3) is 0.818. The summed E-state index contributed by atoms with van der Waals surface area (Å²) in [5, 5.41) is 20.1. The second-order valence-corrected chi connectivity index (χ2v) is 5.04. The van der Waals surface area contributed by atoms with Crippen molar-refractivity contribution in [2.24, 2.45) is 0 Å². The summed E-state index contributed by atoms with van der Waals surface area (Å²) in [5.41, 5.74) is 0. The van der Waals surface area contributed by atoms with Crippen LogP contribution >= 0.6 is 24.4 Å². The van der Waals surface area contributed by atoms with E-state index >= 15 is 0 Å². The Bertz CT molecular complexity index is 222. The minimum atomic E-state index is 0.591. The standard InChI is InChI=1S/C11H22N2O2S2/c1-12(14)10(16)8-6-4-3-5-7-9-11(17)13(2)15/h14-15H,3-9H2,1-2H3. The Kier molecular flexibility index (Phi) is 9.53. The number of thiocarbonyl (C=S) groups is 2. The van der Waals surface area contributed by atoms with Crippen molar-refractivity contribution in [3.63, 3.8) is 0 Å². The maximum absolute atomic E-state index is 9.02. The SMILES string of the molecule is CN(O)C(=S)CCCCCCCC(=S)N(C)O. The summed E-state index contributed by atoms with van der Waals surface area (Å²) in [7, 11) is 3.10. The minimum Gasteiger partial charge on any atom is -0.288 e. The van der Waals surface area contributed by atoms with Crippen molar-refractivity contribution in [3.8, 4) is 0 Å². The molecule has 0 saturated heterocycles. The molecule has 0 fully saturated rings. The van der Waals surface area contributed by atoms with Crippen molar-refractivity contribution >= 4 is 34.4 Å². The van der Waals surface area contributed by atoms with Gasteiger partial charge in [-0.3, -0.25) is 20.5 Å². The molecule has 0 aliphatic carbocycles. The lowest BCUT2D eigenvalue weighted by atomic mass is 10.1. The second kappa shape index (κ2) is 9.70. The molecule has 17 heavy (non-hydrogen) atoms. The third-order valence-corrected chi connectivity index (χ3v) is 3.44. The molecule has 0 saturated carbocycles. The van der Waals surface area contributed by atoms with Crippen LogP contribution in [0.25, 0.3) is 0 Å². The summed E-state index contributed by atoms with van der Waals surface area (Å²) in [6.45, 7) is 0. The fourth-order valence-electron chi connectivity index (χ4n) is 1.41. The lowest BCUT2D eigenvalue weighted by molar-refractivity contribution is 0.0141. The van der Waals surface area contributed by atoms with Crippen molar-refractivity contribution in [1.82, 2.24) is 10.1 Å². The van der Waals surface area contributed by atoms with E-state index < -0.39 is 0 Å². The van der Waals surface area contributed by atoms with Gasteiger partial charge in [0.15, 0.2) is 0 Å². The van der Waals surface area contributed by atoms with Crippen LogP contribution in [0.4, 0.5) is 0 Å². The zero-order valence-electron chi connectivity index (χ0n) is 10.6. The average Bonchev–Trinajstić information content (AvgIpc) is 2.26. The third kappa shape index (κ3) is 9.41. The highest BCUT2D eigenvalue weighted by Gasteiger charge is 2.02. The highest BCUT2D eigenvalue weighted by molar-refractivity contribution is 7.80. The first-order chi connectivity index (χ1) is 7.95. The zero-order valence-corrected chi connectivity index (χ0v) is 12.2. The van der Waals surface area contributed by atoms with Crippen LogP contribution in [0.1, 0.15) is 44.9 Å². The summed E-state index contributed by atoms with van der Waals surface area (Å²) in [6, 6.07) is 0. The van der Waals surface area contributed by atoms with Crippen LogP contribution < -0.4 is 0 Å². The molecule has 0 radical (unpaired) electrons. The highest BCUT2D eigenvalue weighted by atomic mass is 32.1. The molecule has 0 heterocycles. The lowest BCUT2D eigenvalue weighted by Crippen LogP contribution is -2.20. The molecular formula is C11H22N2O2S2. The van der Waals surface area contributed by atoms with Crippen molar-refractivity contribution in [3.05, 3.63) is 0 Å². The van der Waals surface area contributed by atoms with Crippen molar-refractivity contribution in [2.75, 3.05) is 14.1 Å². The molecule has 0 aliphatic heterocycles. The van der Waals surface area contributed by atoms with Crippen LogP contribution in [-0.4, -0.2) is 44.6 Å². The largest absolute Gasteiger partial charge is 0.288 e. The Morgan fingerprint density at radius 3 is 1.35 bits per heavy atom. The van der Waals surface area contributed by atoms with Gasteiger partial charge in [-0.05, 0) is 12.8 Å². The Morgan fingerprint density at radius 2 is 1.06 bits per heavy atom. The second-order valence-electron chi connectivity index (χ2n) is 4.10. The number of rotatable bonds is 8. The molecule has 0 unspecified atom stereocenters. The van der Waals surface area contributed by atoms with Gasteiger partial charge in [-0.2, -0.15) is 0 Å². The third-order valence-electron chi connectivity index (χ3n) is 2.50. The Morgan fingerprint density at radius 1 is 0.765 bits per heavy atom. The zero-order chi connectivity index (χ0) is 13.3. The summed E-state index contributed by atoms with van der Waals surface area (Å²) in [6.07, 6.45) is 6.89. The summed E-state index contributed by atoms with van der Waals surface area (Å²) < 4.78 is 0. The van der Waals surface area contributed by atoms with E-state index in [-0.39, 0.29) is 0 Å². The molecule has 0 atom stereocenters. The Hall–Kier alpha value is -0.300. The van der Waals surface area contributed by atoms with Crippen LogP contribution in [0, 0.1) is 0 Å². The molecule has 6 heteroatoms. The number of nitrogens with zero attached hydrogens (tertiary/aromatic N) is 2. The average molecular weight is 278 g/mol. The van der Waals surface area contributed by atoms with E-state index in [2.05, 4.69) is 0 Å². The van der Waals surface area contributed by atoms with Crippen LogP contribution in [-0.2, 0) is 0 Å². The molecule has 0 aromatic carbocycles. The normalized spacial score (nSPS) is 10.1. The minimum absolute atomic E-state index is 0.591. The van der Waals surface area contributed by atoms with Crippen molar-refractivity contribution < 1.29 is 10.4 Å². The molecule has 0 spiro atoms. The van der Waals surface area contributed by atoms with Crippen molar-refractivity contribution in [1.29, 1.82) is 0 Å². The monoisotopic (exact) mass is 278 g/mol. The fourth-order valence-corrected chi connectivity index (χ4v) is 1.70. The highest BCUT2D eigenvalue weighted by Crippen LogP contribution is 2.09. The van der Waals surface area contributed by atoms with E-state index in [4.69, 9.17) is 34.9 Å². The molecular weight excluding hydrogens is 256 g/mol. The maximum Gasteiger partial charge on any atom is 0.103 e. The number of unbranched alkanes of at least 4 members (excludes halogenated alkanes) is 4.